The van der Waals surface area contributed by atoms with Crippen LogP contribution in [0.3, 0.4) is 0 Å². The molecule has 1 unspecified atom stereocenters. The molecule has 2 heterocycles. The number of anilines is 2. The quantitative estimate of drug-likeness (QED) is 0.376. The second-order valence-electron chi connectivity index (χ2n) is 11.2. The standard InChI is InChI=1S/C29H34F2N4O8S/c1-17(36)33-13-20-14-34(27(38)41-20)18-5-7-22(24(30)11-18)23-8-6-19(12-25(23)31)35-15-21(42-28(35)39)16-44(40)10-9-32-26(37)43-29(2,3)4/h5-8,11-12,20-21H,9-10,13-16H2,1-4H3,(H,32,37)(H,33,36)/t20-,21+,44?/m0/s1. The molecule has 2 aromatic rings. The maximum absolute atomic E-state index is 15.2. The summed E-state index contributed by atoms with van der Waals surface area (Å²) in [5.74, 6) is -1.70. The Morgan fingerprint density at radius 3 is 1.95 bits per heavy atom. The van der Waals surface area contributed by atoms with Gasteiger partial charge in [-0.05, 0) is 57.2 Å². The average Bonchev–Trinajstić information content (AvgIpc) is 3.47. The Labute approximate surface area is 255 Å². The SMILES string of the molecule is CC(=O)NC[C@H]1CN(c2ccc(-c3ccc(N4C[C@H](CS(=O)CCNC(=O)OC(C)(C)C)OC4=O)cc3F)c(F)c2)C(=O)O1. The van der Waals surface area contributed by atoms with E-state index in [2.05, 4.69) is 10.6 Å². The van der Waals surface area contributed by atoms with E-state index in [0.717, 1.165) is 12.1 Å². The van der Waals surface area contributed by atoms with Gasteiger partial charge in [-0.1, -0.05) is 0 Å². The lowest BCUT2D eigenvalue weighted by molar-refractivity contribution is -0.119. The average molecular weight is 637 g/mol. The van der Waals surface area contributed by atoms with Crippen LogP contribution in [0.4, 0.5) is 34.5 Å². The van der Waals surface area contributed by atoms with Gasteiger partial charge < -0.3 is 24.8 Å². The molecule has 4 amide bonds. The monoisotopic (exact) mass is 636 g/mol. The van der Waals surface area contributed by atoms with Gasteiger partial charge in [-0.25, -0.2) is 23.2 Å². The molecule has 15 heteroatoms. The number of alkyl carbamates (subject to hydrolysis) is 1. The molecule has 0 aliphatic carbocycles. The molecular weight excluding hydrogens is 602 g/mol. The molecule has 3 atom stereocenters. The smallest absolute Gasteiger partial charge is 0.414 e. The van der Waals surface area contributed by atoms with Crippen molar-refractivity contribution in [3.05, 3.63) is 48.0 Å². The zero-order valence-electron chi connectivity index (χ0n) is 24.7. The highest BCUT2D eigenvalue weighted by atomic mass is 32.2. The van der Waals surface area contributed by atoms with Crippen molar-refractivity contribution in [3.63, 3.8) is 0 Å². The molecule has 12 nitrogen and oxygen atoms in total. The molecule has 4 rings (SSSR count). The summed E-state index contributed by atoms with van der Waals surface area (Å²) in [4.78, 5) is 50.0. The van der Waals surface area contributed by atoms with Gasteiger partial charge in [0.2, 0.25) is 5.91 Å². The molecule has 238 valence electrons. The first-order valence-electron chi connectivity index (χ1n) is 13.8. The van der Waals surface area contributed by atoms with E-state index in [4.69, 9.17) is 14.2 Å². The number of ether oxygens (including phenoxy) is 3. The Morgan fingerprint density at radius 1 is 0.932 bits per heavy atom. The molecule has 2 aliphatic heterocycles. The lowest BCUT2D eigenvalue weighted by Gasteiger charge is -2.19. The van der Waals surface area contributed by atoms with Gasteiger partial charge >= 0.3 is 18.3 Å². The van der Waals surface area contributed by atoms with Crippen LogP contribution in [0.2, 0.25) is 0 Å². The van der Waals surface area contributed by atoms with E-state index in [0.29, 0.717) is 0 Å². The summed E-state index contributed by atoms with van der Waals surface area (Å²) < 4.78 is 58.5. The lowest BCUT2D eigenvalue weighted by atomic mass is 10.0. The Morgan fingerprint density at radius 2 is 1.45 bits per heavy atom. The first kappa shape index (κ1) is 32.6. The van der Waals surface area contributed by atoms with Crippen LogP contribution in [0.5, 0.6) is 0 Å². The van der Waals surface area contributed by atoms with Crippen molar-refractivity contribution in [2.45, 2.75) is 45.5 Å². The number of nitrogens with one attached hydrogen (secondary N) is 2. The molecule has 44 heavy (non-hydrogen) atoms. The van der Waals surface area contributed by atoms with E-state index in [9.17, 15) is 23.4 Å². The molecule has 2 saturated heterocycles. The number of cyclic esters (lactones) is 2. The second kappa shape index (κ2) is 13.6. The van der Waals surface area contributed by atoms with E-state index in [1.807, 2.05) is 0 Å². The van der Waals surface area contributed by atoms with E-state index >= 15 is 8.78 Å². The minimum Gasteiger partial charge on any atom is -0.444 e. The molecule has 0 spiro atoms. The number of rotatable bonds is 10. The van der Waals surface area contributed by atoms with Crippen molar-refractivity contribution in [2.24, 2.45) is 0 Å². The summed E-state index contributed by atoms with van der Waals surface area (Å²) in [6.07, 6.45) is -3.38. The summed E-state index contributed by atoms with van der Waals surface area (Å²) in [7, 11) is -1.42. The zero-order chi connectivity index (χ0) is 32.2. The van der Waals surface area contributed by atoms with Crippen LogP contribution in [0.1, 0.15) is 27.7 Å². The van der Waals surface area contributed by atoms with Crippen molar-refractivity contribution in [1.29, 1.82) is 0 Å². The summed E-state index contributed by atoms with van der Waals surface area (Å²) in [6.45, 7) is 6.87. The number of amides is 4. The fraction of sp³-hybridized carbons (Fsp3) is 0.448. The third-order valence-electron chi connectivity index (χ3n) is 6.52. The predicted octanol–water partition coefficient (Wildman–Crippen LogP) is 3.69. The van der Waals surface area contributed by atoms with Gasteiger partial charge in [0.05, 0.1) is 36.8 Å². The van der Waals surface area contributed by atoms with Crippen molar-refractivity contribution < 1.29 is 46.4 Å². The molecule has 2 aliphatic rings. The van der Waals surface area contributed by atoms with Crippen molar-refractivity contribution >= 4 is 46.4 Å². The molecule has 2 aromatic carbocycles. The fourth-order valence-electron chi connectivity index (χ4n) is 4.57. The van der Waals surface area contributed by atoms with Gasteiger partial charge in [-0.2, -0.15) is 0 Å². The Bertz CT molecular complexity index is 1470. The topological polar surface area (TPSA) is 144 Å². The maximum Gasteiger partial charge on any atom is 0.414 e. The van der Waals surface area contributed by atoms with Gasteiger partial charge in [0.1, 0.15) is 29.4 Å². The third-order valence-corrected chi connectivity index (χ3v) is 7.92. The Balaban J connectivity index is 1.35. The molecule has 0 saturated carbocycles. The minimum atomic E-state index is -1.42. The molecule has 2 fully saturated rings. The largest absolute Gasteiger partial charge is 0.444 e. The Kier molecular flexibility index (Phi) is 10.1. The van der Waals surface area contributed by atoms with E-state index in [1.165, 1.54) is 41.0 Å². The third kappa shape index (κ3) is 8.42. The van der Waals surface area contributed by atoms with Crippen molar-refractivity contribution in [2.75, 3.05) is 47.5 Å². The van der Waals surface area contributed by atoms with Gasteiger partial charge in [0, 0.05) is 41.1 Å². The van der Waals surface area contributed by atoms with Crippen LogP contribution in [0.25, 0.3) is 11.1 Å². The lowest BCUT2D eigenvalue weighted by Crippen LogP contribution is -2.35. The highest BCUT2D eigenvalue weighted by Crippen LogP contribution is 2.33. The summed E-state index contributed by atoms with van der Waals surface area (Å²) in [5, 5.41) is 5.08. The van der Waals surface area contributed by atoms with Crippen molar-refractivity contribution in [1.82, 2.24) is 10.6 Å². The van der Waals surface area contributed by atoms with E-state index in [1.54, 1.807) is 20.8 Å². The fourth-order valence-corrected chi connectivity index (χ4v) is 5.65. The van der Waals surface area contributed by atoms with Crippen LogP contribution in [-0.2, 0) is 29.8 Å². The molecule has 0 bridgehead atoms. The molecule has 0 radical (unpaired) electrons. The van der Waals surface area contributed by atoms with Gasteiger partial charge in [0.25, 0.3) is 0 Å². The van der Waals surface area contributed by atoms with E-state index < -0.39 is 58.5 Å². The van der Waals surface area contributed by atoms with Gasteiger partial charge in [-0.3, -0.25) is 18.8 Å². The van der Waals surface area contributed by atoms with Crippen LogP contribution in [-0.4, -0.2) is 83.9 Å². The van der Waals surface area contributed by atoms with Crippen LogP contribution < -0.4 is 20.4 Å². The van der Waals surface area contributed by atoms with E-state index in [-0.39, 0.29) is 66.1 Å². The normalized spacial score (nSPS) is 19.0. The second-order valence-corrected chi connectivity index (χ2v) is 12.9. The maximum atomic E-state index is 15.2. The van der Waals surface area contributed by atoms with Crippen LogP contribution in [0, 0.1) is 11.6 Å². The Hall–Kier alpha value is -4.27. The van der Waals surface area contributed by atoms with Crippen molar-refractivity contribution in [3.8, 4) is 11.1 Å². The molecule has 2 N–H and O–H groups in total. The number of hydrogen-bond donors (Lipinski definition) is 2. The highest BCUT2D eigenvalue weighted by Gasteiger charge is 2.35. The summed E-state index contributed by atoms with van der Waals surface area (Å²) in [5.41, 5.74) is -0.390. The van der Waals surface area contributed by atoms with Crippen LogP contribution in [0.15, 0.2) is 36.4 Å². The van der Waals surface area contributed by atoms with Gasteiger partial charge in [-0.15, -0.1) is 0 Å². The zero-order valence-corrected chi connectivity index (χ0v) is 25.5. The highest BCUT2D eigenvalue weighted by molar-refractivity contribution is 7.85. The summed E-state index contributed by atoms with van der Waals surface area (Å²) in [6, 6.07) is 7.75. The number of halogens is 2. The molecule has 0 aromatic heterocycles. The number of nitrogens with zero attached hydrogens (tertiary/aromatic N) is 2. The summed E-state index contributed by atoms with van der Waals surface area (Å²) >= 11 is 0. The van der Waals surface area contributed by atoms with Gasteiger partial charge in [0.15, 0.2) is 0 Å². The number of hydrogen-bond acceptors (Lipinski definition) is 8. The number of carbonyl (C=O) groups is 4. The first-order chi connectivity index (χ1) is 20.7. The first-order valence-corrected chi connectivity index (χ1v) is 15.3. The number of carbonyl (C=O) groups excluding carboxylic acids is 4. The minimum absolute atomic E-state index is 0.0227. The predicted molar refractivity (Wildman–Crippen MR) is 158 cm³/mol. The number of benzene rings is 2. The van der Waals surface area contributed by atoms with Crippen LogP contribution >= 0.6 is 0 Å². The molecular formula is C29H34F2N4O8S.